The highest BCUT2D eigenvalue weighted by molar-refractivity contribution is 5.85. The van der Waals surface area contributed by atoms with Crippen molar-refractivity contribution in [3.05, 3.63) is 35.9 Å². The SMILES string of the molecule is Cl.NC1CCC(C(=O)NC2CCCC2Cc2ccccc2)C1. The minimum Gasteiger partial charge on any atom is -0.353 e. The standard InChI is InChI=1S/C18H26N2O.ClH/c19-16-10-9-15(12-16)18(21)20-17-8-4-7-14(17)11-13-5-2-1-3-6-13;/h1-3,5-6,14-17H,4,7-12,19H2,(H,20,21);1H. The van der Waals surface area contributed by atoms with Crippen molar-refractivity contribution in [1.82, 2.24) is 5.32 Å². The number of hydrogen-bond acceptors (Lipinski definition) is 2. The van der Waals surface area contributed by atoms with E-state index in [1.54, 1.807) is 0 Å². The van der Waals surface area contributed by atoms with Gasteiger partial charge in [-0.15, -0.1) is 12.4 Å². The fourth-order valence-electron chi connectivity index (χ4n) is 3.94. The number of rotatable bonds is 4. The van der Waals surface area contributed by atoms with Crippen molar-refractivity contribution < 1.29 is 4.79 Å². The Morgan fingerprint density at radius 2 is 1.91 bits per heavy atom. The Bertz CT molecular complexity index is 479. The van der Waals surface area contributed by atoms with Crippen LogP contribution in [0.2, 0.25) is 0 Å². The predicted octanol–water partition coefficient (Wildman–Crippen LogP) is 3.06. The third kappa shape index (κ3) is 4.23. The normalized spacial score (nSPS) is 30.8. The highest BCUT2D eigenvalue weighted by Gasteiger charge is 2.33. The summed E-state index contributed by atoms with van der Waals surface area (Å²) in [5.74, 6) is 0.984. The molecule has 1 aromatic rings. The maximum atomic E-state index is 12.4. The quantitative estimate of drug-likeness (QED) is 0.895. The van der Waals surface area contributed by atoms with Gasteiger partial charge in [0.05, 0.1) is 0 Å². The molecule has 4 atom stereocenters. The lowest BCUT2D eigenvalue weighted by molar-refractivity contribution is -0.125. The van der Waals surface area contributed by atoms with Crippen molar-refractivity contribution in [1.29, 1.82) is 0 Å². The van der Waals surface area contributed by atoms with Crippen LogP contribution >= 0.6 is 12.4 Å². The summed E-state index contributed by atoms with van der Waals surface area (Å²) in [6, 6.07) is 11.2. The average molecular weight is 323 g/mol. The smallest absolute Gasteiger partial charge is 0.223 e. The van der Waals surface area contributed by atoms with Gasteiger partial charge in [-0.25, -0.2) is 0 Å². The minimum atomic E-state index is 0. The topological polar surface area (TPSA) is 55.1 Å². The van der Waals surface area contributed by atoms with Gasteiger partial charge in [0.25, 0.3) is 0 Å². The number of benzene rings is 1. The van der Waals surface area contributed by atoms with Crippen molar-refractivity contribution >= 4 is 18.3 Å². The first-order valence-electron chi connectivity index (χ1n) is 8.32. The van der Waals surface area contributed by atoms with E-state index >= 15 is 0 Å². The molecular formula is C18H27ClN2O. The van der Waals surface area contributed by atoms with E-state index in [1.165, 1.54) is 18.4 Å². The van der Waals surface area contributed by atoms with E-state index in [4.69, 9.17) is 5.73 Å². The van der Waals surface area contributed by atoms with Gasteiger partial charge in [-0.2, -0.15) is 0 Å². The van der Waals surface area contributed by atoms with Gasteiger partial charge in [0.2, 0.25) is 5.91 Å². The number of amides is 1. The molecule has 2 fully saturated rings. The Balaban J connectivity index is 0.00000176. The van der Waals surface area contributed by atoms with Gasteiger partial charge < -0.3 is 11.1 Å². The molecule has 0 aromatic heterocycles. The van der Waals surface area contributed by atoms with Crippen LogP contribution in [0, 0.1) is 11.8 Å². The van der Waals surface area contributed by atoms with Crippen LogP contribution in [0.25, 0.3) is 0 Å². The number of nitrogens with two attached hydrogens (primary N) is 1. The largest absolute Gasteiger partial charge is 0.353 e. The maximum absolute atomic E-state index is 12.4. The van der Waals surface area contributed by atoms with Crippen LogP contribution in [0.3, 0.4) is 0 Å². The monoisotopic (exact) mass is 322 g/mol. The molecule has 1 amide bonds. The number of carbonyl (C=O) groups is 1. The summed E-state index contributed by atoms with van der Waals surface area (Å²) in [5, 5.41) is 3.32. The molecule has 0 bridgehead atoms. The van der Waals surface area contributed by atoms with Crippen LogP contribution in [0.1, 0.15) is 44.1 Å². The van der Waals surface area contributed by atoms with Gasteiger partial charge in [0.1, 0.15) is 0 Å². The third-order valence-electron chi connectivity index (χ3n) is 5.17. The molecule has 0 radical (unpaired) electrons. The van der Waals surface area contributed by atoms with E-state index in [0.29, 0.717) is 12.0 Å². The number of halogens is 1. The zero-order valence-electron chi connectivity index (χ0n) is 13.0. The highest BCUT2D eigenvalue weighted by Crippen LogP contribution is 2.30. The van der Waals surface area contributed by atoms with E-state index in [2.05, 4.69) is 35.6 Å². The summed E-state index contributed by atoms with van der Waals surface area (Å²) < 4.78 is 0. The van der Waals surface area contributed by atoms with E-state index in [-0.39, 0.29) is 30.3 Å². The Labute approximate surface area is 139 Å². The number of hydrogen-bond donors (Lipinski definition) is 2. The second-order valence-electron chi connectivity index (χ2n) is 6.77. The fourth-order valence-corrected chi connectivity index (χ4v) is 3.94. The van der Waals surface area contributed by atoms with Gasteiger partial charge in [0, 0.05) is 18.0 Å². The Hall–Kier alpha value is -1.06. The lowest BCUT2D eigenvalue weighted by atomic mass is 9.94. The highest BCUT2D eigenvalue weighted by atomic mass is 35.5. The van der Waals surface area contributed by atoms with E-state index in [0.717, 1.165) is 32.1 Å². The zero-order valence-corrected chi connectivity index (χ0v) is 13.9. The molecule has 22 heavy (non-hydrogen) atoms. The van der Waals surface area contributed by atoms with Crippen molar-refractivity contribution in [3.63, 3.8) is 0 Å². The van der Waals surface area contributed by atoms with Gasteiger partial charge in [0.15, 0.2) is 0 Å². The Kier molecular flexibility index (Phi) is 6.27. The minimum absolute atomic E-state index is 0. The molecule has 2 aliphatic rings. The summed E-state index contributed by atoms with van der Waals surface area (Å²) in [7, 11) is 0. The van der Waals surface area contributed by atoms with E-state index < -0.39 is 0 Å². The summed E-state index contributed by atoms with van der Waals surface area (Å²) in [5.41, 5.74) is 7.30. The molecule has 3 rings (SSSR count). The molecule has 2 saturated carbocycles. The summed E-state index contributed by atoms with van der Waals surface area (Å²) in [4.78, 5) is 12.4. The molecule has 0 saturated heterocycles. The van der Waals surface area contributed by atoms with Crippen LogP contribution < -0.4 is 11.1 Å². The van der Waals surface area contributed by atoms with Gasteiger partial charge in [-0.1, -0.05) is 36.8 Å². The molecule has 122 valence electrons. The van der Waals surface area contributed by atoms with Crippen molar-refractivity contribution in [2.24, 2.45) is 17.6 Å². The zero-order chi connectivity index (χ0) is 14.7. The maximum Gasteiger partial charge on any atom is 0.223 e. The molecule has 4 unspecified atom stereocenters. The molecule has 3 N–H and O–H groups in total. The second-order valence-corrected chi connectivity index (χ2v) is 6.77. The summed E-state index contributed by atoms with van der Waals surface area (Å²) in [6.45, 7) is 0. The van der Waals surface area contributed by atoms with Crippen LogP contribution in [0.5, 0.6) is 0 Å². The number of carbonyl (C=O) groups excluding carboxylic acids is 1. The molecule has 0 aliphatic heterocycles. The average Bonchev–Trinajstić information content (AvgIpc) is 3.10. The molecule has 1 aromatic carbocycles. The van der Waals surface area contributed by atoms with Crippen LogP contribution in [0.15, 0.2) is 30.3 Å². The van der Waals surface area contributed by atoms with Gasteiger partial charge in [-0.3, -0.25) is 4.79 Å². The number of nitrogens with one attached hydrogen (secondary N) is 1. The van der Waals surface area contributed by atoms with Crippen molar-refractivity contribution in [3.8, 4) is 0 Å². The Morgan fingerprint density at radius 3 is 2.59 bits per heavy atom. The third-order valence-corrected chi connectivity index (χ3v) is 5.17. The first-order valence-corrected chi connectivity index (χ1v) is 8.32. The summed E-state index contributed by atoms with van der Waals surface area (Å²) >= 11 is 0. The molecule has 0 spiro atoms. The van der Waals surface area contributed by atoms with Crippen LogP contribution in [0.4, 0.5) is 0 Å². The first-order chi connectivity index (χ1) is 10.2. The van der Waals surface area contributed by atoms with Gasteiger partial charge in [-0.05, 0) is 50.0 Å². The molecule has 0 heterocycles. The first kappa shape index (κ1) is 17.3. The lowest BCUT2D eigenvalue weighted by Crippen LogP contribution is -2.41. The predicted molar refractivity (Wildman–Crippen MR) is 92.0 cm³/mol. The molecule has 3 nitrogen and oxygen atoms in total. The van der Waals surface area contributed by atoms with Crippen LogP contribution in [-0.2, 0) is 11.2 Å². The van der Waals surface area contributed by atoms with E-state index in [9.17, 15) is 4.79 Å². The second kappa shape index (κ2) is 7.98. The fraction of sp³-hybridized carbons (Fsp3) is 0.611. The molecule has 2 aliphatic carbocycles. The summed E-state index contributed by atoms with van der Waals surface area (Å²) in [6.07, 6.45) is 7.48. The molecular weight excluding hydrogens is 296 g/mol. The van der Waals surface area contributed by atoms with Gasteiger partial charge >= 0.3 is 0 Å². The lowest BCUT2D eigenvalue weighted by Gasteiger charge is -2.23. The Morgan fingerprint density at radius 1 is 1.14 bits per heavy atom. The van der Waals surface area contributed by atoms with Crippen molar-refractivity contribution in [2.45, 2.75) is 57.0 Å². The van der Waals surface area contributed by atoms with E-state index in [1.807, 2.05) is 0 Å². The van der Waals surface area contributed by atoms with Crippen LogP contribution in [-0.4, -0.2) is 18.0 Å². The van der Waals surface area contributed by atoms with Crippen molar-refractivity contribution in [2.75, 3.05) is 0 Å². The molecule has 4 heteroatoms.